The molecule has 6 heterocycles. The highest BCUT2D eigenvalue weighted by atomic mass is 16.2. The summed E-state index contributed by atoms with van der Waals surface area (Å²) in [6.45, 7) is 3.43. The van der Waals surface area contributed by atoms with Crippen LogP contribution in [0.25, 0.3) is 27.8 Å². The Morgan fingerprint density at radius 2 is 1.69 bits per heavy atom. The van der Waals surface area contributed by atoms with Gasteiger partial charge in [-0.2, -0.15) is 15.5 Å². The molecular weight excluding hydrogens is 677 g/mol. The Labute approximate surface area is 316 Å². The van der Waals surface area contributed by atoms with E-state index in [-0.39, 0.29) is 17.9 Å². The van der Waals surface area contributed by atoms with Gasteiger partial charge in [-0.25, -0.2) is 9.50 Å². The van der Waals surface area contributed by atoms with Crippen molar-refractivity contribution >= 4 is 28.8 Å². The molecule has 5 aromatic rings. The van der Waals surface area contributed by atoms with Crippen LogP contribution in [0.2, 0.25) is 0 Å². The molecule has 2 saturated heterocycles. The number of nitrogens with one attached hydrogen (secondary N) is 2. The zero-order valence-electron chi connectivity index (χ0n) is 31.1. The molecule has 0 spiro atoms. The monoisotopic (exact) mass is 724 g/mol. The van der Waals surface area contributed by atoms with Crippen molar-refractivity contribution < 1.29 is 9.59 Å². The Hall–Kier alpha value is -5.54. The van der Waals surface area contributed by atoms with Crippen molar-refractivity contribution in [3.8, 4) is 28.3 Å². The molecular formula is C42H48N10O2. The number of nitrogens with zero attached hydrogens (tertiary/aromatic N) is 8. The molecule has 12 heteroatoms. The maximum atomic E-state index is 12.1. The number of pyridine rings is 2. The lowest BCUT2D eigenvalue weighted by atomic mass is 9.83. The van der Waals surface area contributed by atoms with E-state index in [1.54, 1.807) is 10.7 Å². The molecule has 3 fully saturated rings. The van der Waals surface area contributed by atoms with Crippen LogP contribution in [0.5, 0.6) is 0 Å². The first-order valence-corrected chi connectivity index (χ1v) is 19.3. The van der Waals surface area contributed by atoms with Crippen molar-refractivity contribution in [2.45, 2.75) is 75.8 Å². The summed E-state index contributed by atoms with van der Waals surface area (Å²) in [5.41, 5.74) is 7.51. The van der Waals surface area contributed by atoms with E-state index in [4.69, 9.17) is 5.10 Å². The van der Waals surface area contributed by atoms with Gasteiger partial charge in [-0.05, 0) is 119 Å². The average molecular weight is 725 g/mol. The molecule has 1 unspecified atom stereocenters. The lowest BCUT2D eigenvalue weighted by Crippen LogP contribution is -2.47. The molecule has 8 rings (SSSR count). The lowest BCUT2D eigenvalue weighted by molar-refractivity contribution is -0.133. The number of piperidine rings is 2. The quantitative estimate of drug-likeness (QED) is 0.157. The second-order valence-electron chi connectivity index (χ2n) is 15.5. The number of nitriles is 1. The second kappa shape index (κ2) is 15.4. The smallest absolute Gasteiger partial charge is 0.249 e. The molecule has 1 saturated carbocycles. The van der Waals surface area contributed by atoms with Crippen LogP contribution in [0.4, 0.5) is 11.5 Å². The summed E-state index contributed by atoms with van der Waals surface area (Å²) in [7, 11) is 3.94. The first-order chi connectivity index (χ1) is 26.3. The van der Waals surface area contributed by atoms with Crippen LogP contribution >= 0.6 is 0 Å². The van der Waals surface area contributed by atoms with E-state index in [0.29, 0.717) is 30.4 Å². The highest BCUT2D eigenvalue weighted by molar-refractivity contribution is 6.01. The topological polar surface area (TPSA) is 136 Å². The molecule has 1 atom stereocenters. The van der Waals surface area contributed by atoms with Gasteiger partial charge in [0.2, 0.25) is 11.8 Å². The maximum Gasteiger partial charge on any atom is 0.249 e. The van der Waals surface area contributed by atoms with E-state index in [2.05, 4.69) is 72.9 Å². The summed E-state index contributed by atoms with van der Waals surface area (Å²) in [6.07, 6.45) is 18.8. The zero-order chi connectivity index (χ0) is 37.2. The third-order valence-electron chi connectivity index (χ3n) is 11.8. The molecule has 1 aromatic carbocycles. The van der Waals surface area contributed by atoms with Crippen LogP contribution in [0.3, 0.4) is 0 Å². The lowest BCUT2D eigenvalue weighted by Gasteiger charge is -2.34. The van der Waals surface area contributed by atoms with Crippen LogP contribution in [-0.4, -0.2) is 80.9 Å². The van der Waals surface area contributed by atoms with Crippen molar-refractivity contribution in [2.24, 2.45) is 5.92 Å². The standard InChI is InChI=1S/C42H48N10O2/c1-49(2)39-13-7-31(23-44-39)37-21-32(26-52-41(37)33(22-43)24-46-52)34-25-45-51(27-34)36-10-3-28(4-11-36)15-18-50-19-16-30(17-20-50)29-5-8-35(9-6-29)47-38-12-14-40(53)48-42(38)54/h5-9,13,21,23-28,30,36,38,47H,3-4,10-12,14-20H2,1-2H3,(H,48,53,54)/t28-,36+,38?. The molecule has 2 amide bonds. The highest BCUT2D eigenvalue weighted by Crippen LogP contribution is 2.37. The second-order valence-corrected chi connectivity index (χ2v) is 15.5. The van der Waals surface area contributed by atoms with Crippen molar-refractivity contribution in [3.63, 3.8) is 0 Å². The van der Waals surface area contributed by atoms with Crippen LogP contribution in [0.15, 0.2) is 73.4 Å². The van der Waals surface area contributed by atoms with Crippen LogP contribution in [-0.2, 0) is 9.59 Å². The molecule has 3 aliphatic rings. The predicted octanol–water partition coefficient (Wildman–Crippen LogP) is 6.42. The zero-order valence-corrected chi connectivity index (χ0v) is 31.1. The first kappa shape index (κ1) is 35.5. The summed E-state index contributed by atoms with van der Waals surface area (Å²) in [5.74, 6) is 1.76. The molecule has 0 radical (unpaired) electrons. The van der Waals surface area contributed by atoms with Crippen molar-refractivity contribution in [2.75, 3.05) is 43.9 Å². The predicted molar refractivity (Wildman–Crippen MR) is 209 cm³/mol. The Bertz CT molecular complexity index is 2150. The first-order valence-electron chi connectivity index (χ1n) is 19.3. The van der Waals surface area contributed by atoms with Crippen LogP contribution < -0.4 is 15.5 Å². The van der Waals surface area contributed by atoms with Gasteiger partial charge in [-0.15, -0.1) is 0 Å². The number of carbonyl (C=O) groups excluding carboxylic acids is 2. The summed E-state index contributed by atoms with van der Waals surface area (Å²) in [4.78, 5) is 32.8. The van der Waals surface area contributed by atoms with E-state index in [1.165, 1.54) is 44.2 Å². The van der Waals surface area contributed by atoms with Gasteiger partial charge in [0, 0.05) is 67.0 Å². The fourth-order valence-electron chi connectivity index (χ4n) is 8.52. The third kappa shape index (κ3) is 7.59. The number of hydrogen-bond acceptors (Lipinski definition) is 9. The minimum absolute atomic E-state index is 0.192. The van der Waals surface area contributed by atoms with Crippen molar-refractivity contribution in [3.05, 3.63) is 84.6 Å². The SMILES string of the molecule is CN(C)c1ccc(-c2cc(-c3cnn([C@H]4CC[C@@H](CCN5CCC(c6ccc(NC7CCC(=O)NC7=O)cc6)CC5)CC4)c3)cn3ncc(C#N)c23)cn1. The van der Waals surface area contributed by atoms with Crippen molar-refractivity contribution in [1.29, 1.82) is 5.26 Å². The van der Waals surface area contributed by atoms with Crippen molar-refractivity contribution in [1.82, 2.24) is 34.6 Å². The van der Waals surface area contributed by atoms with Gasteiger partial charge < -0.3 is 15.1 Å². The average Bonchev–Trinajstić information content (AvgIpc) is 3.87. The summed E-state index contributed by atoms with van der Waals surface area (Å²) in [5, 5.41) is 24.9. The minimum atomic E-state index is -0.356. The Morgan fingerprint density at radius 1 is 0.889 bits per heavy atom. The molecule has 2 N–H and O–H groups in total. The van der Waals surface area contributed by atoms with Crippen LogP contribution in [0.1, 0.15) is 80.9 Å². The summed E-state index contributed by atoms with van der Waals surface area (Å²) in [6, 6.07) is 17.0. The number of fused-ring (bicyclic) bond motifs is 1. The number of hydrogen-bond donors (Lipinski definition) is 2. The number of carbonyl (C=O) groups is 2. The fourth-order valence-corrected chi connectivity index (χ4v) is 8.52. The molecule has 278 valence electrons. The van der Waals surface area contributed by atoms with E-state index in [1.807, 2.05) is 49.7 Å². The normalized spacial score (nSPS) is 21.2. The van der Waals surface area contributed by atoms with Gasteiger partial charge in [0.1, 0.15) is 17.9 Å². The van der Waals surface area contributed by atoms with Gasteiger partial charge in [-0.1, -0.05) is 12.1 Å². The number of aromatic nitrogens is 5. The fraction of sp³-hybridized carbons (Fsp3) is 0.429. The number of anilines is 2. The van der Waals surface area contributed by atoms with Gasteiger partial charge >= 0.3 is 0 Å². The van der Waals surface area contributed by atoms with Gasteiger partial charge in [0.05, 0.1) is 29.5 Å². The molecule has 4 aromatic heterocycles. The van der Waals surface area contributed by atoms with E-state index < -0.39 is 0 Å². The third-order valence-corrected chi connectivity index (χ3v) is 11.8. The highest BCUT2D eigenvalue weighted by Gasteiger charge is 2.28. The number of imide groups is 1. The number of likely N-dealkylation sites (tertiary alicyclic amines) is 1. The molecule has 1 aliphatic carbocycles. The van der Waals surface area contributed by atoms with E-state index in [0.717, 1.165) is 71.1 Å². The van der Waals surface area contributed by atoms with Gasteiger partial charge in [-0.3, -0.25) is 19.6 Å². The Morgan fingerprint density at radius 3 is 2.39 bits per heavy atom. The maximum absolute atomic E-state index is 12.1. The Balaban J connectivity index is 0.822. The number of rotatable bonds is 10. The minimum Gasteiger partial charge on any atom is -0.374 e. The number of amides is 2. The molecule has 54 heavy (non-hydrogen) atoms. The van der Waals surface area contributed by atoms with Crippen LogP contribution in [0, 0.1) is 17.2 Å². The van der Waals surface area contributed by atoms with Gasteiger partial charge in [0.25, 0.3) is 0 Å². The molecule has 12 nitrogen and oxygen atoms in total. The number of benzene rings is 1. The van der Waals surface area contributed by atoms with E-state index in [9.17, 15) is 14.9 Å². The summed E-state index contributed by atoms with van der Waals surface area (Å²) >= 11 is 0. The Kier molecular flexibility index (Phi) is 10.1. The summed E-state index contributed by atoms with van der Waals surface area (Å²) < 4.78 is 3.96. The van der Waals surface area contributed by atoms with Gasteiger partial charge in [0.15, 0.2) is 0 Å². The molecule has 2 aliphatic heterocycles. The largest absolute Gasteiger partial charge is 0.374 e. The molecule has 0 bridgehead atoms. The van der Waals surface area contributed by atoms with E-state index >= 15 is 0 Å².